The topological polar surface area (TPSA) is 52.6 Å². The molecule has 8 heteroatoms. The van der Waals surface area contributed by atoms with Crippen molar-refractivity contribution in [3.8, 4) is 0 Å². The summed E-state index contributed by atoms with van der Waals surface area (Å²) in [5.41, 5.74) is -5.35. The van der Waals surface area contributed by atoms with Gasteiger partial charge in [-0.25, -0.2) is 0 Å². The summed E-state index contributed by atoms with van der Waals surface area (Å²) in [7, 11) is -5.48. The molecular formula is C15H25F3O4S. The molecular weight excluding hydrogens is 333 g/mol. The highest BCUT2D eigenvalue weighted by molar-refractivity contribution is 7.87. The maximum absolute atomic E-state index is 12.2. The van der Waals surface area contributed by atoms with Crippen LogP contribution in [0.3, 0.4) is 0 Å². The fourth-order valence-corrected chi connectivity index (χ4v) is 3.14. The van der Waals surface area contributed by atoms with E-state index in [0.29, 0.717) is 19.4 Å². The van der Waals surface area contributed by atoms with Gasteiger partial charge in [-0.15, -0.1) is 0 Å². The standard InChI is InChI=1S/C15H25F3O4S/c1-3-5-10-21-14(4-2)13-8-6-12(7-9-13)11-22-23(19,20)15(16,17)18/h4,12-13H,3,5-11H2,1-2H3/t12-,13+. The SMILES string of the molecule is CC=C(OCCCC)[C@H]1CC[C@@H](COS(=O)(=O)C(F)(F)F)CC1. The Morgan fingerprint density at radius 1 is 1.22 bits per heavy atom. The van der Waals surface area contributed by atoms with Gasteiger partial charge in [0.15, 0.2) is 0 Å². The normalized spacial score (nSPS) is 23.8. The monoisotopic (exact) mass is 358 g/mol. The highest BCUT2D eigenvalue weighted by Gasteiger charge is 2.47. The van der Waals surface area contributed by atoms with Crippen molar-refractivity contribution in [2.24, 2.45) is 11.8 Å². The molecule has 0 unspecified atom stereocenters. The van der Waals surface area contributed by atoms with E-state index in [1.54, 1.807) is 0 Å². The highest BCUT2D eigenvalue weighted by Crippen LogP contribution is 2.35. The number of unbranched alkanes of at least 4 members (excludes halogenated alkanes) is 1. The second-order valence-corrected chi connectivity index (χ2v) is 7.40. The van der Waals surface area contributed by atoms with Crippen molar-refractivity contribution in [1.29, 1.82) is 0 Å². The molecule has 1 aliphatic carbocycles. The molecule has 0 amide bonds. The molecule has 0 N–H and O–H groups in total. The van der Waals surface area contributed by atoms with E-state index in [0.717, 1.165) is 31.4 Å². The zero-order valence-electron chi connectivity index (χ0n) is 13.6. The van der Waals surface area contributed by atoms with E-state index in [1.807, 2.05) is 13.0 Å². The lowest BCUT2D eigenvalue weighted by Crippen LogP contribution is -2.29. The van der Waals surface area contributed by atoms with Gasteiger partial charge in [0.1, 0.15) is 0 Å². The molecule has 1 aliphatic rings. The predicted molar refractivity (Wildman–Crippen MR) is 81.0 cm³/mol. The molecule has 1 fully saturated rings. The number of hydrogen-bond acceptors (Lipinski definition) is 4. The van der Waals surface area contributed by atoms with Crippen molar-refractivity contribution < 1.29 is 30.5 Å². The number of hydrogen-bond donors (Lipinski definition) is 0. The van der Waals surface area contributed by atoms with Gasteiger partial charge in [-0.2, -0.15) is 21.6 Å². The average Bonchev–Trinajstić information content (AvgIpc) is 2.49. The summed E-state index contributed by atoms with van der Waals surface area (Å²) in [5.74, 6) is 1.02. The van der Waals surface area contributed by atoms with Crippen LogP contribution in [-0.2, 0) is 19.0 Å². The molecule has 0 aromatic carbocycles. The first-order valence-electron chi connectivity index (χ1n) is 7.96. The summed E-state index contributed by atoms with van der Waals surface area (Å²) in [6.45, 7) is 4.25. The van der Waals surface area contributed by atoms with Gasteiger partial charge < -0.3 is 4.74 Å². The largest absolute Gasteiger partial charge is 0.523 e. The third-order valence-corrected chi connectivity index (χ3v) is 5.06. The van der Waals surface area contributed by atoms with E-state index in [9.17, 15) is 21.6 Å². The van der Waals surface area contributed by atoms with Crippen LogP contribution in [0.25, 0.3) is 0 Å². The van der Waals surface area contributed by atoms with Gasteiger partial charge in [0, 0.05) is 5.92 Å². The second-order valence-electron chi connectivity index (χ2n) is 5.80. The molecule has 1 rings (SSSR count). The lowest BCUT2D eigenvalue weighted by molar-refractivity contribution is -0.0554. The predicted octanol–water partition coefficient (Wildman–Crippen LogP) is 4.38. The van der Waals surface area contributed by atoms with Crippen molar-refractivity contribution >= 4 is 10.1 Å². The van der Waals surface area contributed by atoms with Crippen LogP contribution in [0.2, 0.25) is 0 Å². The molecule has 0 aromatic heterocycles. The number of allylic oxidation sites excluding steroid dienone is 2. The van der Waals surface area contributed by atoms with Crippen molar-refractivity contribution in [3.63, 3.8) is 0 Å². The molecule has 0 aliphatic heterocycles. The van der Waals surface area contributed by atoms with Crippen molar-refractivity contribution in [2.75, 3.05) is 13.2 Å². The Labute approximate surface area is 136 Å². The van der Waals surface area contributed by atoms with E-state index in [-0.39, 0.29) is 11.8 Å². The molecule has 0 heterocycles. The lowest BCUT2D eigenvalue weighted by Gasteiger charge is -2.29. The van der Waals surface area contributed by atoms with E-state index < -0.39 is 22.2 Å². The Kier molecular flexibility index (Phi) is 7.86. The van der Waals surface area contributed by atoms with Crippen molar-refractivity contribution in [1.82, 2.24) is 0 Å². The van der Waals surface area contributed by atoms with Crippen LogP contribution in [-0.4, -0.2) is 27.1 Å². The maximum Gasteiger partial charge on any atom is 0.523 e. The second kappa shape index (κ2) is 8.92. The molecule has 0 saturated heterocycles. The summed E-state index contributed by atoms with van der Waals surface area (Å²) in [5, 5.41) is 0. The first kappa shape index (κ1) is 20.3. The van der Waals surface area contributed by atoms with Gasteiger partial charge in [-0.3, -0.25) is 4.18 Å². The highest BCUT2D eigenvalue weighted by atomic mass is 32.2. The van der Waals surface area contributed by atoms with Gasteiger partial charge in [0.05, 0.1) is 19.0 Å². The molecule has 4 nitrogen and oxygen atoms in total. The molecule has 0 aromatic rings. The number of alkyl halides is 3. The van der Waals surface area contributed by atoms with Gasteiger partial charge in [0.25, 0.3) is 0 Å². The maximum atomic E-state index is 12.2. The molecule has 0 atom stereocenters. The van der Waals surface area contributed by atoms with Crippen LogP contribution in [0.1, 0.15) is 52.4 Å². The Hall–Kier alpha value is -0.760. The van der Waals surface area contributed by atoms with E-state index in [1.165, 1.54) is 0 Å². The minimum Gasteiger partial charge on any atom is -0.498 e. The van der Waals surface area contributed by atoms with Gasteiger partial charge >= 0.3 is 15.6 Å². The fourth-order valence-electron chi connectivity index (χ4n) is 2.64. The number of rotatable bonds is 8. The molecule has 0 bridgehead atoms. The average molecular weight is 358 g/mol. The zero-order valence-corrected chi connectivity index (χ0v) is 14.4. The van der Waals surface area contributed by atoms with E-state index in [4.69, 9.17) is 4.74 Å². The van der Waals surface area contributed by atoms with Crippen LogP contribution < -0.4 is 0 Å². The Bertz CT molecular complexity index is 477. The van der Waals surface area contributed by atoms with Crippen LogP contribution in [0.15, 0.2) is 11.8 Å². The first-order valence-corrected chi connectivity index (χ1v) is 9.36. The number of ether oxygens (including phenoxy) is 1. The Morgan fingerprint density at radius 2 is 1.83 bits per heavy atom. The van der Waals surface area contributed by atoms with Crippen LogP contribution >= 0.6 is 0 Å². The van der Waals surface area contributed by atoms with E-state index >= 15 is 0 Å². The van der Waals surface area contributed by atoms with Crippen LogP contribution in [0.5, 0.6) is 0 Å². The zero-order chi connectivity index (χ0) is 17.5. The molecule has 136 valence electrons. The number of halogens is 3. The molecule has 1 saturated carbocycles. The summed E-state index contributed by atoms with van der Waals surface area (Å²) in [6.07, 6.45) is 6.77. The Balaban J connectivity index is 2.41. The summed E-state index contributed by atoms with van der Waals surface area (Å²) < 4.78 is 68.3. The van der Waals surface area contributed by atoms with Gasteiger partial charge in [0.2, 0.25) is 0 Å². The van der Waals surface area contributed by atoms with Crippen LogP contribution in [0.4, 0.5) is 13.2 Å². The smallest absolute Gasteiger partial charge is 0.498 e. The third-order valence-electron chi connectivity index (χ3n) is 4.04. The van der Waals surface area contributed by atoms with Gasteiger partial charge in [-0.1, -0.05) is 13.3 Å². The molecule has 0 radical (unpaired) electrons. The minimum atomic E-state index is -5.48. The minimum absolute atomic E-state index is 0.169. The summed E-state index contributed by atoms with van der Waals surface area (Å²) in [6, 6.07) is 0. The van der Waals surface area contributed by atoms with Crippen molar-refractivity contribution in [2.45, 2.75) is 57.9 Å². The fraction of sp³-hybridized carbons (Fsp3) is 0.867. The van der Waals surface area contributed by atoms with E-state index in [2.05, 4.69) is 11.1 Å². The first-order chi connectivity index (χ1) is 10.7. The summed E-state index contributed by atoms with van der Waals surface area (Å²) in [4.78, 5) is 0. The lowest BCUT2D eigenvalue weighted by atomic mass is 9.81. The molecule has 0 spiro atoms. The third kappa shape index (κ3) is 6.33. The summed E-state index contributed by atoms with van der Waals surface area (Å²) >= 11 is 0. The van der Waals surface area contributed by atoms with Crippen LogP contribution in [0, 0.1) is 11.8 Å². The van der Waals surface area contributed by atoms with Crippen molar-refractivity contribution in [3.05, 3.63) is 11.8 Å². The van der Waals surface area contributed by atoms with Gasteiger partial charge in [-0.05, 0) is 51.0 Å². The quantitative estimate of drug-likeness (QED) is 0.280. The molecule has 23 heavy (non-hydrogen) atoms. The Morgan fingerprint density at radius 3 is 2.30 bits per heavy atom.